The standard InChI is InChI=1S/C12H6N2O5/c15-13(16)10-4-1-9(2-5-10)3-6-11-7-8-12(19-11)14(17)18/h1-2,4-5,7-8H. The van der Waals surface area contributed by atoms with Crippen molar-refractivity contribution in [1.82, 2.24) is 0 Å². The molecule has 0 atom stereocenters. The number of nitro groups is 2. The molecule has 1 heterocycles. The Morgan fingerprint density at radius 3 is 2.11 bits per heavy atom. The number of benzene rings is 1. The fourth-order valence-electron chi connectivity index (χ4n) is 1.29. The van der Waals surface area contributed by atoms with Crippen molar-refractivity contribution >= 4 is 11.6 Å². The molecule has 2 aromatic rings. The molecule has 0 saturated carbocycles. The summed E-state index contributed by atoms with van der Waals surface area (Å²) >= 11 is 0. The lowest BCUT2D eigenvalue weighted by Crippen LogP contribution is -1.86. The molecule has 19 heavy (non-hydrogen) atoms. The molecule has 0 unspecified atom stereocenters. The zero-order chi connectivity index (χ0) is 13.8. The maximum Gasteiger partial charge on any atom is 0.434 e. The van der Waals surface area contributed by atoms with Crippen molar-refractivity contribution < 1.29 is 14.3 Å². The summed E-state index contributed by atoms with van der Waals surface area (Å²) in [6.07, 6.45) is 0. The molecule has 2 rings (SSSR count). The fourth-order valence-corrected chi connectivity index (χ4v) is 1.29. The van der Waals surface area contributed by atoms with Crippen LogP contribution in [0, 0.1) is 32.1 Å². The van der Waals surface area contributed by atoms with Crippen molar-refractivity contribution in [3.63, 3.8) is 0 Å². The molecule has 94 valence electrons. The molecule has 7 nitrogen and oxygen atoms in total. The smallest absolute Gasteiger partial charge is 0.392 e. The predicted molar refractivity (Wildman–Crippen MR) is 64.4 cm³/mol. The zero-order valence-corrected chi connectivity index (χ0v) is 9.40. The molecule has 0 spiro atoms. The Morgan fingerprint density at radius 1 is 0.895 bits per heavy atom. The first-order chi connectivity index (χ1) is 9.06. The molecule has 0 aliphatic rings. The van der Waals surface area contributed by atoms with E-state index in [1.54, 1.807) is 0 Å². The molecule has 7 heteroatoms. The van der Waals surface area contributed by atoms with Crippen LogP contribution in [0.5, 0.6) is 0 Å². The summed E-state index contributed by atoms with van der Waals surface area (Å²) in [6, 6.07) is 8.23. The minimum absolute atomic E-state index is 0.0285. The molecule has 0 aliphatic heterocycles. The summed E-state index contributed by atoms with van der Waals surface area (Å²) in [5, 5.41) is 20.8. The van der Waals surface area contributed by atoms with Gasteiger partial charge in [-0.25, -0.2) is 0 Å². The van der Waals surface area contributed by atoms with Gasteiger partial charge in [-0.3, -0.25) is 20.2 Å². The zero-order valence-electron chi connectivity index (χ0n) is 9.40. The quantitative estimate of drug-likeness (QED) is 0.468. The number of hydrogen-bond acceptors (Lipinski definition) is 5. The number of furan rings is 1. The van der Waals surface area contributed by atoms with E-state index in [2.05, 4.69) is 11.8 Å². The first-order valence-electron chi connectivity index (χ1n) is 5.07. The Labute approximate surface area is 106 Å². The first-order valence-corrected chi connectivity index (χ1v) is 5.07. The van der Waals surface area contributed by atoms with Crippen LogP contribution in [0.4, 0.5) is 11.6 Å². The summed E-state index contributed by atoms with van der Waals surface area (Å²) in [4.78, 5) is 19.7. The lowest BCUT2D eigenvalue weighted by atomic mass is 10.2. The van der Waals surface area contributed by atoms with Gasteiger partial charge < -0.3 is 4.42 Å². The highest BCUT2D eigenvalue weighted by Crippen LogP contribution is 2.15. The summed E-state index contributed by atoms with van der Waals surface area (Å²) < 4.78 is 4.85. The van der Waals surface area contributed by atoms with E-state index in [0.29, 0.717) is 5.56 Å². The predicted octanol–water partition coefficient (Wildman–Crippen LogP) is 2.50. The maximum absolute atomic E-state index is 10.4. The summed E-state index contributed by atoms with van der Waals surface area (Å²) in [7, 11) is 0. The second-order valence-electron chi connectivity index (χ2n) is 3.45. The molecule has 0 N–H and O–H groups in total. The molecule has 1 aromatic heterocycles. The van der Waals surface area contributed by atoms with Crippen LogP contribution in [-0.4, -0.2) is 9.85 Å². The first kappa shape index (κ1) is 12.3. The number of nitro benzene ring substituents is 1. The van der Waals surface area contributed by atoms with E-state index >= 15 is 0 Å². The average molecular weight is 258 g/mol. The van der Waals surface area contributed by atoms with E-state index in [9.17, 15) is 20.2 Å². The normalized spacial score (nSPS) is 9.47. The molecule has 0 bridgehead atoms. The fraction of sp³-hybridized carbons (Fsp3) is 0. The number of non-ortho nitro benzene ring substituents is 1. The van der Waals surface area contributed by atoms with Gasteiger partial charge in [-0.15, -0.1) is 0 Å². The highest BCUT2D eigenvalue weighted by atomic mass is 16.6. The summed E-state index contributed by atoms with van der Waals surface area (Å²) in [5.41, 5.74) is 0.517. The Hall–Kier alpha value is -3.14. The van der Waals surface area contributed by atoms with Gasteiger partial charge in [-0.05, 0) is 18.1 Å². The largest absolute Gasteiger partial charge is 0.434 e. The van der Waals surface area contributed by atoms with Crippen molar-refractivity contribution in [2.75, 3.05) is 0 Å². The van der Waals surface area contributed by atoms with E-state index in [1.807, 2.05) is 0 Å². The summed E-state index contributed by atoms with van der Waals surface area (Å²) in [5.74, 6) is 5.06. The molecule has 1 aromatic carbocycles. The SMILES string of the molecule is O=[N+]([O-])c1ccc(C#Cc2ccc([N+](=O)[O-])o2)cc1. The van der Waals surface area contributed by atoms with Gasteiger partial charge in [0.05, 0.1) is 11.0 Å². The molecule has 0 radical (unpaired) electrons. The highest BCUT2D eigenvalue weighted by Gasteiger charge is 2.10. The van der Waals surface area contributed by atoms with Crippen molar-refractivity contribution in [3.8, 4) is 11.8 Å². The Bertz CT molecular complexity index is 691. The number of nitrogens with zero attached hydrogens (tertiary/aromatic N) is 2. The maximum atomic E-state index is 10.4. The van der Waals surface area contributed by atoms with E-state index in [0.717, 1.165) is 0 Å². The Morgan fingerprint density at radius 2 is 1.58 bits per heavy atom. The van der Waals surface area contributed by atoms with Gasteiger partial charge in [0, 0.05) is 23.8 Å². The van der Waals surface area contributed by atoms with Gasteiger partial charge in [0.1, 0.15) is 4.92 Å². The molecule has 0 saturated heterocycles. The molecule has 0 amide bonds. The Kier molecular flexibility index (Phi) is 3.25. The van der Waals surface area contributed by atoms with Crippen LogP contribution in [0.25, 0.3) is 0 Å². The van der Waals surface area contributed by atoms with Crippen LogP contribution in [0.3, 0.4) is 0 Å². The van der Waals surface area contributed by atoms with Crippen molar-refractivity contribution in [2.45, 2.75) is 0 Å². The molecule has 0 aliphatic carbocycles. The van der Waals surface area contributed by atoms with Crippen LogP contribution >= 0.6 is 0 Å². The monoisotopic (exact) mass is 258 g/mol. The van der Waals surface area contributed by atoms with E-state index in [1.165, 1.54) is 36.4 Å². The number of hydrogen-bond donors (Lipinski definition) is 0. The van der Waals surface area contributed by atoms with Crippen molar-refractivity contribution in [1.29, 1.82) is 0 Å². The number of rotatable bonds is 2. The van der Waals surface area contributed by atoms with Gasteiger partial charge in [0.2, 0.25) is 0 Å². The van der Waals surface area contributed by atoms with Crippen LogP contribution in [0.2, 0.25) is 0 Å². The average Bonchev–Trinajstić information content (AvgIpc) is 2.86. The van der Waals surface area contributed by atoms with Crippen molar-refractivity contribution in [2.24, 2.45) is 0 Å². The van der Waals surface area contributed by atoms with Crippen LogP contribution in [0.15, 0.2) is 40.8 Å². The third-order valence-electron chi connectivity index (χ3n) is 2.18. The van der Waals surface area contributed by atoms with Gasteiger partial charge >= 0.3 is 5.88 Å². The lowest BCUT2D eigenvalue weighted by molar-refractivity contribution is -0.402. The topological polar surface area (TPSA) is 99.4 Å². The summed E-state index contributed by atoms with van der Waals surface area (Å²) in [6.45, 7) is 0. The molecular weight excluding hydrogens is 252 g/mol. The van der Waals surface area contributed by atoms with Crippen LogP contribution in [0.1, 0.15) is 11.3 Å². The minimum atomic E-state index is -0.656. The van der Waals surface area contributed by atoms with Crippen LogP contribution < -0.4 is 0 Å². The molecular formula is C12H6N2O5. The van der Waals surface area contributed by atoms with Gasteiger partial charge in [0.25, 0.3) is 5.69 Å². The highest BCUT2D eigenvalue weighted by molar-refractivity contribution is 5.44. The van der Waals surface area contributed by atoms with Gasteiger partial charge in [0.15, 0.2) is 5.76 Å². The van der Waals surface area contributed by atoms with E-state index < -0.39 is 9.85 Å². The third kappa shape index (κ3) is 2.95. The second-order valence-corrected chi connectivity index (χ2v) is 3.45. The van der Waals surface area contributed by atoms with Crippen LogP contribution in [-0.2, 0) is 0 Å². The van der Waals surface area contributed by atoms with E-state index in [4.69, 9.17) is 4.42 Å². The minimum Gasteiger partial charge on any atom is -0.392 e. The van der Waals surface area contributed by atoms with E-state index in [-0.39, 0.29) is 17.3 Å². The Balaban J connectivity index is 2.18. The van der Waals surface area contributed by atoms with Gasteiger partial charge in [-0.1, -0.05) is 5.92 Å². The van der Waals surface area contributed by atoms with Gasteiger partial charge in [-0.2, -0.15) is 0 Å². The second kappa shape index (κ2) is 5.01. The third-order valence-corrected chi connectivity index (χ3v) is 2.18. The molecule has 0 fully saturated rings. The lowest BCUT2D eigenvalue weighted by Gasteiger charge is -1.90. The van der Waals surface area contributed by atoms with Crippen molar-refractivity contribution in [3.05, 3.63) is 68.0 Å².